The molecule has 1 aromatic heterocycles. The minimum atomic E-state index is -0.0484. The van der Waals surface area contributed by atoms with E-state index in [1.807, 2.05) is 23.1 Å². The molecule has 1 aromatic carbocycles. The second kappa shape index (κ2) is 6.45. The minimum absolute atomic E-state index is 0.0484. The Bertz CT molecular complexity index is 588. The van der Waals surface area contributed by atoms with Crippen molar-refractivity contribution in [2.45, 2.75) is 12.5 Å². The Labute approximate surface area is 124 Å². The molecule has 1 aliphatic rings. The van der Waals surface area contributed by atoms with E-state index in [-0.39, 0.29) is 11.9 Å². The van der Waals surface area contributed by atoms with E-state index in [9.17, 15) is 4.79 Å². The van der Waals surface area contributed by atoms with Gasteiger partial charge in [-0.2, -0.15) is 0 Å². The molecule has 0 radical (unpaired) electrons. The van der Waals surface area contributed by atoms with Crippen LogP contribution in [0.4, 0.5) is 0 Å². The van der Waals surface area contributed by atoms with E-state index in [2.05, 4.69) is 27.4 Å². The number of amides is 1. The Balaban J connectivity index is 1.78. The molecular weight excluding hydrogens is 264 g/mol. The molecule has 0 saturated carbocycles. The highest BCUT2D eigenvalue weighted by Crippen LogP contribution is 2.17. The number of carbonyl (C=O) groups is 1. The molecule has 1 N–H and O–H groups in total. The lowest BCUT2D eigenvalue weighted by Gasteiger charge is -2.24. The van der Waals surface area contributed by atoms with Gasteiger partial charge in [0.15, 0.2) is 0 Å². The van der Waals surface area contributed by atoms with E-state index in [1.165, 1.54) is 11.8 Å². The summed E-state index contributed by atoms with van der Waals surface area (Å²) in [6, 6.07) is 10.4. The Morgan fingerprint density at radius 2 is 2.10 bits per heavy atom. The second-order valence-electron chi connectivity index (χ2n) is 5.11. The number of carbonyl (C=O) groups excluding carboxylic acids is 1. The molecule has 5 heteroatoms. The van der Waals surface area contributed by atoms with Crippen LogP contribution in [0.5, 0.6) is 0 Å². The molecule has 2 aromatic rings. The Morgan fingerprint density at radius 3 is 2.86 bits per heavy atom. The van der Waals surface area contributed by atoms with E-state index < -0.39 is 0 Å². The molecule has 5 nitrogen and oxygen atoms in total. The van der Waals surface area contributed by atoms with Gasteiger partial charge in [-0.15, -0.1) is 0 Å². The first-order valence-corrected chi connectivity index (χ1v) is 7.18. The smallest absolute Gasteiger partial charge is 0.274 e. The fourth-order valence-electron chi connectivity index (χ4n) is 2.59. The fourth-order valence-corrected chi connectivity index (χ4v) is 2.59. The molecule has 1 unspecified atom stereocenters. The maximum Gasteiger partial charge on any atom is 0.274 e. The van der Waals surface area contributed by atoms with Gasteiger partial charge in [0.1, 0.15) is 5.69 Å². The van der Waals surface area contributed by atoms with E-state index in [0.29, 0.717) is 12.2 Å². The maximum absolute atomic E-state index is 12.5. The zero-order valence-electron chi connectivity index (χ0n) is 11.8. The summed E-state index contributed by atoms with van der Waals surface area (Å²) in [5.41, 5.74) is 1.61. The van der Waals surface area contributed by atoms with Gasteiger partial charge in [0, 0.05) is 31.5 Å². The number of rotatable bonds is 2. The molecule has 1 amide bonds. The van der Waals surface area contributed by atoms with Crippen molar-refractivity contribution in [3.63, 3.8) is 0 Å². The molecular formula is C16H18N4O. The van der Waals surface area contributed by atoms with Gasteiger partial charge < -0.3 is 10.2 Å². The normalized spacial score (nSPS) is 19.0. The van der Waals surface area contributed by atoms with Gasteiger partial charge >= 0.3 is 0 Å². The number of nitrogens with one attached hydrogen (secondary N) is 1. The lowest BCUT2D eigenvalue weighted by molar-refractivity contribution is 0.0746. The van der Waals surface area contributed by atoms with Gasteiger partial charge in [-0.3, -0.25) is 9.78 Å². The summed E-state index contributed by atoms with van der Waals surface area (Å²) in [5.74, 6) is -0.0484. The van der Waals surface area contributed by atoms with E-state index >= 15 is 0 Å². The number of nitrogens with zero attached hydrogens (tertiary/aromatic N) is 3. The van der Waals surface area contributed by atoms with Crippen LogP contribution in [0.15, 0.2) is 48.9 Å². The summed E-state index contributed by atoms with van der Waals surface area (Å²) in [6.45, 7) is 2.30. The van der Waals surface area contributed by atoms with Crippen LogP contribution in [-0.4, -0.2) is 40.4 Å². The van der Waals surface area contributed by atoms with Gasteiger partial charge in [0.25, 0.3) is 5.91 Å². The summed E-state index contributed by atoms with van der Waals surface area (Å²) in [7, 11) is 0. The van der Waals surface area contributed by atoms with Crippen LogP contribution in [0.1, 0.15) is 28.5 Å². The van der Waals surface area contributed by atoms with Crippen molar-refractivity contribution in [2.75, 3.05) is 19.6 Å². The van der Waals surface area contributed by atoms with Crippen molar-refractivity contribution in [2.24, 2.45) is 0 Å². The third kappa shape index (κ3) is 3.25. The Kier molecular flexibility index (Phi) is 4.21. The lowest BCUT2D eigenvalue weighted by atomic mass is 10.1. The minimum Gasteiger partial charge on any atom is -0.335 e. The third-order valence-electron chi connectivity index (χ3n) is 3.67. The maximum atomic E-state index is 12.5. The predicted molar refractivity (Wildman–Crippen MR) is 79.7 cm³/mol. The summed E-state index contributed by atoms with van der Waals surface area (Å²) in [6.07, 6.45) is 5.60. The zero-order valence-corrected chi connectivity index (χ0v) is 11.8. The van der Waals surface area contributed by atoms with E-state index in [1.54, 1.807) is 12.4 Å². The van der Waals surface area contributed by atoms with Crippen molar-refractivity contribution in [1.29, 1.82) is 0 Å². The molecule has 1 aliphatic heterocycles. The average Bonchev–Trinajstić information content (AvgIpc) is 2.82. The SMILES string of the molecule is O=C(c1cnccn1)N1CCCNC(c2ccccc2)C1. The summed E-state index contributed by atoms with van der Waals surface area (Å²) >= 11 is 0. The number of aromatic nitrogens is 2. The average molecular weight is 282 g/mol. The van der Waals surface area contributed by atoms with E-state index in [4.69, 9.17) is 0 Å². The monoisotopic (exact) mass is 282 g/mol. The first kappa shape index (κ1) is 13.7. The van der Waals surface area contributed by atoms with Crippen LogP contribution in [0.2, 0.25) is 0 Å². The van der Waals surface area contributed by atoms with E-state index in [0.717, 1.165) is 19.5 Å². The van der Waals surface area contributed by atoms with Crippen molar-refractivity contribution in [3.05, 3.63) is 60.2 Å². The van der Waals surface area contributed by atoms with Gasteiger partial charge in [0.05, 0.1) is 6.20 Å². The third-order valence-corrected chi connectivity index (χ3v) is 3.67. The first-order chi connectivity index (χ1) is 10.3. The quantitative estimate of drug-likeness (QED) is 0.910. The van der Waals surface area contributed by atoms with Gasteiger partial charge in [-0.25, -0.2) is 4.98 Å². The second-order valence-corrected chi connectivity index (χ2v) is 5.11. The molecule has 0 aliphatic carbocycles. The molecule has 1 atom stereocenters. The number of hydrogen-bond donors (Lipinski definition) is 1. The molecule has 1 saturated heterocycles. The molecule has 1 fully saturated rings. The summed E-state index contributed by atoms with van der Waals surface area (Å²) < 4.78 is 0. The largest absolute Gasteiger partial charge is 0.335 e. The summed E-state index contributed by atoms with van der Waals surface area (Å²) in [5, 5.41) is 3.50. The van der Waals surface area contributed by atoms with Crippen LogP contribution < -0.4 is 5.32 Å². The molecule has 0 spiro atoms. The van der Waals surface area contributed by atoms with Crippen LogP contribution in [0, 0.1) is 0 Å². The number of hydrogen-bond acceptors (Lipinski definition) is 4. The van der Waals surface area contributed by atoms with Crippen molar-refractivity contribution < 1.29 is 4.79 Å². The van der Waals surface area contributed by atoms with Crippen LogP contribution >= 0.6 is 0 Å². The van der Waals surface area contributed by atoms with Gasteiger partial charge in [-0.05, 0) is 18.5 Å². The lowest BCUT2D eigenvalue weighted by Crippen LogP contribution is -2.36. The highest BCUT2D eigenvalue weighted by Gasteiger charge is 2.24. The molecule has 3 rings (SSSR count). The molecule has 2 heterocycles. The van der Waals surface area contributed by atoms with Gasteiger partial charge in [0.2, 0.25) is 0 Å². The standard InChI is InChI=1S/C16H18N4O/c21-16(14-11-17-8-9-19-14)20-10-4-7-18-15(12-20)13-5-2-1-3-6-13/h1-3,5-6,8-9,11,15,18H,4,7,10,12H2. The summed E-state index contributed by atoms with van der Waals surface area (Å²) in [4.78, 5) is 22.5. The van der Waals surface area contributed by atoms with Gasteiger partial charge in [-0.1, -0.05) is 30.3 Å². The molecule has 108 valence electrons. The Hall–Kier alpha value is -2.27. The molecule has 0 bridgehead atoms. The van der Waals surface area contributed by atoms with Crippen molar-refractivity contribution in [1.82, 2.24) is 20.2 Å². The zero-order chi connectivity index (χ0) is 14.5. The van der Waals surface area contributed by atoms with Crippen LogP contribution in [0.3, 0.4) is 0 Å². The predicted octanol–water partition coefficient (Wildman–Crippen LogP) is 1.65. The fraction of sp³-hybridized carbons (Fsp3) is 0.312. The number of benzene rings is 1. The van der Waals surface area contributed by atoms with Crippen molar-refractivity contribution >= 4 is 5.91 Å². The Morgan fingerprint density at radius 1 is 1.24 bits per heavy atom. The topological polar surface area (TPSA) is 58.1 Å². The highest BCUT2D eigenvalue weighted by molar-refractivity contribution is 5.92. The van der Waals surface area contributed by atoms with Crippen LogP contribution in [-0.2, 0) is 0 Å². The highest BCUT2D eigenvalue weighted by atomic mass is 16.2. The first-order valence-electron chi connectivity index (χ1n) is 7.18. The van der Waals surface area contributed by atoms with Crippen molar-refractivity contribution in [3.8, 4) is 0 Å². The van der Waals surface area contributed by atoms with Crippen LogP contribution in [0.25, 0.3) is 0 Å². The molecule has 21 heavy (non-hydrogen) atoms.